The lowest BCUT2D eigenvalue weighted by molar-refractivity contribution is 0.0698. The quantitative estimate of drug-likeness (QED) is 0.784. The summed E-state index contributed by atoms with van der Waals surface area (Å²) in [6, 6.07) is 6.79. The van der Waals surface area contributed by atoms with Gasteiger partial charge in [0, 0.05) is 12.4 Å². The highest BCUT2D eigenvalue weighted by Gasteiger charge is 2.12. The molecule has 3 aromatic rings. The van der Waals surface area contributed by atoms with Crippen molar-refractivity contribution in [2.75, 3.05) is 0 Å². The molecule has 100 valence electrons. The number of nitrogens with zero attached hydrogens (tertiary/aromatic N) is 3. The van der Waals surface area contributed by atoms with E-state index >= 15 is 0 Å². The standard InChI is InChI=1S/C14H11N3O3/c18-14(19)12-4-2-6-17-10(7-16-13(12)17)9-20-11-3-1-5-15-8-11/h1-8H,9H2,(H,18,19). The number of aromatic carboxylic acids is 1. The van der Waals surface area contributed by atoms with Crippen LogP contribution in [0.4, 0.5) is 0 Å². The number of ether oxygens (including phenoxy) is 1. The number of imidazole rings is 1. The van der Waals surface area contributed by atoms with Crippen molar-refractivity contribution in [1.29, 1.82) is 0 Å². The molecule has 0 radical (unpaired) electrons. The number of carbonyl (C=O) groups is 1. The first-order valence-electron chi connectivity index (χ1n) is 5.97. The maximum atomic E-state index is 11.1. The summed E-state index contributed by atoms with van der Waals surface area (Å²) in [5, 5.41) is 9.11. The molecule has 1 N–H and O–H groups in total. The second-order valence-electron chi connectivity index (χ2n) is 4.15. The first-order chi connectivity index (χ1) is 9.75. The zero-order chi connectivity index (χ0) is 13.9. The van der Waals surface area contributed by atoms with Gasteiger partial charge in [0.15, 0.2) is 5.65 Å². The molecule has 0 aliphatic heterocycles. The summed E-state index contributed by atoms with van der Waals surface area (Å²) in [4.78, 5) is 19.2. The predicted molar refractivity (Wildman–Crippen MR) is 70.7 cm³/mol. The number of rotatable bonds is 4. The molecular weight excluding hydrogens is 258 g/mol. The van der Waals surface area contributed by atoms with E-state index < -0.39 is 5.97 Å². The van der Waals surface area contributed by atoms with Crippen LogP contribution in [0.15, 0.2) is 49.1 Å². The molecule has 20 heavy (non-hydrogen) atoms. The molecule has 0 spiro atoms. The third kappa shape index (κ3) is 2.18. The van der Waals surface area contributed by atoms with Crippen molar-refractivity contribution < 1.29 is 14.6 Å². The molecule has 0 saturated heterocycles. The average Bonchev–Trinajstić information content (AvgIpc) is 2.89. The van der Waals surface area contributed by atoms with Crippen LogP contribution in [0.25, 0.3) is 5.65 Å². The van der Waals surface area contributed by atoms with Crippen LogP contribution in [0.5, 0.6) is 5.75 Å². The van der Waals surface area contributed by atoms with Gasteiger partial charge in [-0.05, 0) is 24.3 Å². The average molecular weight is 269 g/mol. The maximum absolute atomic E-state index is 11.1. The van der Waals surface area contributed by atoms with Gasteiger partial charge in [-0.1, -0.05) is 0 Å². The first-order valence-corrected chi connectivity index (χ1v) is 5.97. The fourth-order valence-corrected chi connectivity index (χ4v) is 1.93. The van der Waals surface area contributed by atoms with Crippen LogP contribution in [0.1, 0.15) is 16.1 Å². The molecule has 3 heterocycles. The normalized spacial score (nSPS) is 10.6. The van der Waals surface area contributed by atoms with E-state index in [2.05, 4.69) is 9.97 Å². The second-order valence-corrected chi connectivity index (χ2v) is 4.15. The van der Waals surface area contributed by atoms with Crippen molar-refractivity contribution in [1.82, 2.24) is 14.4 Å². The number of hydrogen-bond donors (Lipinski definition) is 1. The Morgan fingerprint density at radius 1 is 1.30 bits per heavy atom. The van der Waals surface area contributed by atoms with E-state index in [0.29, 0.717) is 11.4 Å². The van der Waals surface area contributed by atoms with Gasteiger partial charge in [0.25, 0.3) is 0 Å². The van der Waals surface area contributed by atoms with Crippen molar-refractivity contribution in [3.8, 4) is 5.75 Å². The Hall–Kier alpha value is -2.89. The van der Waals surface area contributed by atoms with E-state index in [4.69, 9.17) is 9.84 Å². The molecule has 0 bridgehead atoms. The molecule has 0 unspecified atom stereocenters. The smallest absolute Gasteiger partial charge is 0.339 e. The van der Waals surface area contributed by atoms with Gasteiger partial charge in [-0.2, -0.15) is 0 Å². The highest BCUT2D eigenvalue weighted by Crippen LogP contribution is 2.14. The van der Waals surface area contributed by atoms with Crippen LogP contribution >= 0.6 is 0 Å². The molecule has 6 nitrogen and oxygen atoms in total. The summed E-state index contributed by atoms with van der Waals surface area (Å²) in [6.07, 6.45) is 6.65. The van der Waals surface area contributed by atoms with Gasteiger partial charge < -0.3 is 9.84 Å². The molecule has 3 aromatic heterocycles. The van der Waals surface area contributed by atoms with E-state index in [1.807, 2.05) is 0 Å². The summed E-state index contributed by atoms with van der Waals surface area (Å²) >= 11 is 0. The lowest BCUT2D eigenvalue weighted by Gasteiger charge is -2.05. The number of fused-ring (bicyclic) bond motifs is 1. The summed E-state index contributed by atoms with van der Waals surface area (Å²) in [6.45, 7) is 0.288. The lowest BCUT2D eigenvalue weighted by atomic mass is 10.3. The van der Waals surface area contributed by atoms with Gasteiger partial charge in [-0.3, -0.25) is 9.38 Å². The Balaban J connectivity index is 1.90. The fourth-order valence-electron chi connectivity index (χ4n) is 1.93. The molecule has 0 atom stereocenters. The molecule has 0 aliphatic carbocycles. The van der Waals surface area contributed by atoms with E-state index in [0.717, 1.165) is 5.69 Å². The van der Waals surface area contributed by atoms with E-state index in [1.54, 1.807) is 47.4 Å². The highest BCUT2D eigenvalue weighted by molar-refractivity contribution is 5.94. The monoisotopic (exact) mass is 269 g/mol. The van der Waals surface area contributed by atoms with Crippen LogP contribution in [-0.4, -0.2) is 25.4 Å². The molecular formula is C14H11N3O3. The lowest BCUT2D eigenvalue weighted by Crippen LogP contribution is -2.03. The minimum Gasteiger partial charge on any atom is -0.486 e. The van der Waals surface area contributed by atoms with Gasteiger partial charge >= 0.3 is 5.97 Å². The predicted octanol–water partition coefficient (Wildman–Crippen LogP) is 2.01. The highest BCUT2D eigenvalue weighted by atomic mass is 16.5. The summed E-state index contributed by atoms with van der Waals surface area (Å²) < 4.78 is 7.30. The first kappa shape index (κ1) is 12.2. The van der Waals surface area contributed by atoms with Crippen LogP contribution in [0, 0.1) is 0 Å². The molecule has 0 aromatic carbocycles. The van der Waals surface area contributed by atoms with E-state index in [1.165, 1.54) is 6.07 Å². The van der Waals surface area contributed by atoms with Gasteiger partial charge in [0.1, 0.15) is 17.9 Å². The van der Waals surface area contributed by atoms with Crippen molar-refractivity contribution in [2.24, 2.45) is 0 Å². The fraction of sp³-hybridized carbons (Fsp3) is 0.0714. The summed E-state index contributed by atoms with van der Waals surface area (Å²) in [5.74, 6) is -0.349. The minimum atomic E-state index is -0.999. The zero-order valence-corrected chi connectivity index (χ0v) is 10.4. The summed E-state index contributed by atoms with van der Waals surface area (Å²) in [5.41, 5.74) is 1.34. The summed E-state index contributed by atoms with van der Waals surface area (Å²) in [7, 11) is 0. The van der Waals surface area contributed by atoms with Crippen LogP contribution in [0.2, 0.25) is 0 Å². The molecule has 6 heteroatoms. The molecule has 3 rings (SSSR count). The van der Waals surface area contributed by atoms with Crippen molar-refractivity contribution in [2.45, 2.75) is 6.61 Å². The Morgan fingerprint density at radius 3 is 2.95 bits per heavy atom. The third-order valence-corrected chi connectivity index (χ3v) is 2.86. The molecule has 0 fully saturated rings. The number of pyridine rings is 2. The Kier molecular flexibility index (Phi) is 3.04. The second kappa shape index (κ2) is 5.00. The van der Waals surface area contributed by atoms with Crippen molar-refractivity contribution >= 4 is 11.6 Å². The van der Waals surface area contributed by atoms with Gasteiger partial charge in [0.05, 0.1) is 18.1 Å². The van der Waals surface area contributed by atoms with Crippen LogP contribution < -0.4 is 4.74 Å². The van der Waals surface area contributed by atoms with E-state index in [9.17, 15) is 4.79 Å². The number of carboxylic acid groups (broad SMARTS) is 1. The number of carboxylic acids is 1. The Bertz CT molecular complexity index is 753. The largest absolute Gasteiger partial charge is 0.486 e. The van der Waals surface area contributed by atoms with Gasteiger partial charge in [-0.15, -0.1) is 0 Å². The van der Waals surface area contributed by atoms with E-state index in [-0.39, 0.29) is 12.2 Å². The Labute approximate surface area is 114 Å². The molecule has 0 amide bonds. The van der Waals surface area contributed by atoms with Crippen molar-refractivity contribution in [3.05, 3.63) is 60.3 Å². The van der Waals surface area contributed by atoms with Gasteiger partial charge in [-0.25, -0.2) is 9.78 Å². The van der Waals surface area contributed by atoms with Gasteiger partial charge in [0.2, 0.25) is 0 Å². The topological polar surface area (TPSA) is 76.7 Å². The molecule has 0 saturated carbocycles. The minimum absolute atomic E-state index is 0.167. The number of hydrogen-bond acceptors (Lipinski definition) is 4. The Morgan fingerprint density at radius 2 is 2.20 bits per heavy atom. The van der Waals surface area contributed by atoms with Crippen LogP contribution in [-0.2, 0) is 6.61 Å². The SMILES string of the molecule is O=C(O)c1cccn2c(COc3cccnc3)cnc12. The molecule has 0 aliphatic rings. The zero-order valence-electron chi connectivity index (χ0n) is 10.4. The van der Waals surface area contributed by atoms with Crippen molar-refractivity contribution in [3.63, 3.8) is 0 Å². The number of aromatic nitrogens is 3. The van der Waals surface area contributed by atoms with Crippen LogP contribution in [0.3, 0.4) is 0 Å². The third-order valence-electron chi connectivity index (χ3n) is 2.86. The maximum Gasteiger partial charge on any atom is 0.339 e.